The second-order valence-electron chi connectivity index (χ2n) is 26.5. The number of aliphatic hydroxyl groups is 1. The van der Waals surface area contributed by atoms with Crippen molar-refractivity contribution in [3.63, 3.8) is 0 Å². The summed E-state index contributed by atoms with van der Waals surface area (Å²) in [5, 5.41) is 12.3. The molecule has 11 atom stereocenters. The van der Waals surface area contributed by atoms with Crippen molar-refractivity contribution < 1.29 is 67.3 Å². The number of likely N-dealkylation sites (N-methyl/N-ethyl adjacent to an activating group) is 6. The predicted octanol–water partition coefficient (Wildman–Crippen LogP) is 7.39. The summed E-state index contributed by atoms with van der Waals surface area (Å²) in [6, 6.07) is 2.23. The number of Topliss-reactive ketones (excluding diaryl/α,β-unsaturated/α-hetero) is 2. The summed E-state index contributed by atoms with van der Waals surface area (Å²) in [6.07, 6.45) is 2.92. The molecule has 2 N–H and O–H groups in total. The molecule has 504 valence electrons. The first-order valence-electron chi connectivity index (χ1n) is 31.9. The third kappa shape index (κ3) is 25.0. The van der Waals surface area contributed by atoms with E-state index in [0.717, 1.165) is 10.5 Å². The van der Waals surface area contributed by atoms with Crippen molar-refractivity contribution >= 4 is 64.9 Å². The van der Waals surface area contributed by atoms with Gasteiger partial charge in [0, 0.05) is 80.4 Å². The number of aliphatic hydroxyl groups excluding tert-OH is 1. The Bertz CT molecular complexity index is 2520. The van der Waals surface area contributed by atoms with Gasteiger partial charge in [0.2, 0.25) is 41.4 Å². The number of hydrogen-bond donors (Lipinski definition) is 2. The molecule has 0 bridgehead atoms. The second kappa shape index (κ2) is 38.9. The van der Waals surface area contributed by atoms with Crippen molar-refractivity contribution in [2.24, 2.45) is 53.3 Å². The van der Waals surface area contributed by atoms with Gasteiger partial charge in [-0.25, -0.2) is 0 Å². The molecular formula is C68H113N7O14. The van der Waals surface area contributed by atoms with Crippen LogP contribution in [0.4, 0.5) is 0 Å². The molecule has 0 aliphatic heterocycles. The predicted molar refractivity (Wildman–Crippen MR) is 344 cm³/mol. The maximum absolute atomic E-state index is 15.2. The van der Waals surface area contributed by atoms with Gasteiger partial charge in [-0.1, -0.05) is 139 Å². The molecule has 7 amide bonds. The minimum atomic E-state index is -1.50. The highest BCUT2D eigenvalue weighted by atomic mass is 16.5. The van der Waals surface area contributed by atoms with Gasteiger partial charge >= 0.3 is 11.9 Å². The van der Waals surface area contributed by atoms with Gasteiger partial charge in [0.25, 0.3) is 0 Å². The van der Waals surface area contributed by atoms with Crippen LogP contribution in [0.15, 0.2) is 42.5 Å². The van der Waals surface area contributed by atoms with Gasteiger partial charge in [-0.15, -0.1) is 0 Å². The lowest BCUT2D eigenvalue weighted by Crippen LogP contribution is -2.64. The van der Waals surface area contributed by atoms with Crippen LogP contribution in [0.3, 0.4) is 0 Å². The molecule has 1 aromatic carbocycles. The molecule has 0 saturated carbocycles. The molecule has 0 radical (unpaired) electrons. The Morgan fingerprint density at radius 1 is 0.562 bits per heavy atom. The zero-order chi connectivity index (χ0) is 68.5. The van der Waals surface area contributed by atoms with E-state index in [9.17, 15) is 43.5 Å². The number of nitrogens with one attached hydrogen (secondary N) is 1. The summed E-state index contributed by atoms with van der Waals surface area (Å²) in [5.41, 5.74) is 0.806. The van der Waals surface area contributed by atoms with E-state index in [1.807, 2.05) is 98.7 Å². The zero-order valence-corrected chi connectivity index (χ0v) is 58.0. The van der Waals surface area contributed by atoms with Crippen molar-refractivity contribution in [3.05, 3.63) is 48.0 Å². The molecule has 0 fully saturated rings. The average molecular weight is 1250 g/mol. The van der Waals surface area contributed by atoms with Crippen LogP contribution in [0.25, 0.3) is 0 Å². The topological polar surface area (TPSA) is 258 Å². The molecule has 0 saturated heterocycles. The van der Waals surface area contributed by atoms with E-state index in [1.165, 1.54) is 66.7 Å². The maximum atomic E-state index is 15.2. The Hall–Kier alpha value is -6.51. The minimum absolute atomic E-state index is 0.00475. The van der Waals surface area contributed by atoms with Crippen LogP contribution in [0, 0.1) is 53.3 Å². The zero-order valence-electron chi connectivity index (χ0n) is 58.0. The molecule has 0 spiro atoms. The first kappa shape index (κ1) is 80.5. The summed E-state index contributed by atoms with van der Waals surface area (Å²) in [7, 11) is 8.84. The number of esters is 2. The molecule has 1 aromatic rings. The van der Waals surface area contributed by atoms with E-state index in [2.05, 4.69) is 5.32 Å². The van der Waals surface area contributed by atoms with Crippen LogP contribution >= 0.6 is 0 Å². The summed E-state index contributed by atoms with van der Waals surface area (Å²) in [4.78, 5) is 164. The lowest BCUT2D eigenvalue weighted by atomic mass is 9.86. The Morgan fingerprint density at radius 2 is 1.04 bits per heavy atom. The number of ketones is 2. The van der Waals surface area contributed by atoms with Gasteiger partial charge in [0.05, 0.1) is 25.0 Å². The SMILES string of the molecule is C/C=C/C[C@@H](C)[C@@H](OC(C)=O)[C@@H](C(=O)N[C@@H](CC)C(=O)N(C)CCO)N(C)C(=O)[C@H](C(C)C)N(C)C(=O)[C@H](CC(C)C)N(C)C(=O)[C@H](CC(C)C)N(C)C(=O)[C@@H](C)CC(=O)[C@H](C)CC(=O)[C@H](CC(C)C)N(C)C(=O)[C@@H](CC(=O)OCc1ccccc1)C(C)C. The largest absolute Gasteiger partial charge is 0.461 e. The normalized spacial score (nSPS) is 15.4. The van der Waals surface area contributed by atoms with Gasteiger partial charge in [-0.2, -0.15) is 0 Å². The Kier molecular flexibility index (Phi) is 35.2. The summed E-state index contributed by atoms with van der Waals surface area (Å²) in [6.45, 7) is 28.0. The monoisotopic (exact) mass is 1250 g/mol. The third-order valence-corrected chi connectivity index (χ3v) is 16.6. The molecule has 21 nitrogen and oxygen atoms in total. The fraction of sp³-hybridized carbons (Fsp3) is 0.721. The van der Waals surface area contributed by atoms with Gasteiger partial charge < -0.3 is 49.3 Å². The van der Waals surface area contributed by atoms with Crippen LogP contribution < -0.4 is 5.32 Å². The minimum Gasteiger partial charge on any atom is -0.461 e. The van der Waals surface area contributed by atoms with Crippen LogP contribution in [-0.4, -0.2) is 197 Å². The summed E-state index contributed by atoms with van der Waals surface area (Å²) < 4.78 is 11.4. The van der Waals surface area contributed by atoms with E-state index in [4.69, 9.17) is 9.47 Å². The van der Waals surface area contributed by atoms with E-state index in [1.54, 1.807) is 54.7 Å². The molecule has 89 heavy (non-hydrogen) atoms. The Balaban J connectivity index is 3.61. The highest BCUT2D eigenvalue weighted by molar-refractivity contribution is 5.98. The van der Waals surface area contributed by atoms with E-state index >= 15 is 14.4 Å². The molecular weight excluding hydrogens is 1140 g/mol. The Labute approximate surface area is 532 Å². The van der Waals surface area contributed by atoms with Crippen molar-refractivity contribution in [1.82, 2.24) is 34.7 Å². The van der Waals surface area contributed by atoms with Crippen molar-refractivity contribution in [2.75, 3.05) is 55.4 Å². The quantitative estimate of drug-likeness (QED) is 0.0481. The van der Waals surface area contributed by atoms with Crippen LogP contribution in [0.1, 0.15) is 168 Å². The molecule has 0 aliphatic rings. The molecule has 0 heterocycles. The number of hydrogen-bond acceptors (Lipinski definition) is 14. The number of ether oxygens (including phenoxy) is 2. The Morgan fingerprint density at radius 3 is 1.52 bits per heavy atom. The van der Waals surface area contributed by atoms with Gasteiger partial charge in [0.15, 0.2) is 5.78 Å². The number of rotatable bonds is 39. The number of amides is 7. The van der Waals surface area contributed by atoms with Gasteiger partial charge in [0.1, 0.15) is 48.7 Å². The third-order valence-electron chi connectivity index (χ3n) is 16.6. The molecule has 0 unspecified atom stereocenters. The fourth-order valence-corrected chi connectivity index (χ4v) is 11.2. The van der Waals surface area contributed by atoms with Crippen molar-refractivity contribution in [2.45, 2.75) is 211 Å². The molecule has 0 aliphatic carbocycles. The maximum Gasteiger partial charge on any atom is 0.306 e. The number of carbonyl (C=O) groups is 11. The number of nitrogens with zero attached hydrogens (tertiary/aromatic N) is 6. The molecule has 21 heteroatoms. The summed E-state index contributed by atoms with van der Waals surface area (Å²) in [5.74, 6) is -10.2. The highest BCUT2D eigenvalue weighted by Crippen LogP contribution is 2.29. The van der Waals surface area contributed by atoms with E-state index in [0.29, 0.717) is 12.8 Å². The lowest BCUT2D eigenvalue weighted by Gasteiger charge is -2.42. The highest BCUT2D eigenvalue weighted by Gasteiger charge is 2.46. The van der Waals surface area contributed by atoms with Crippen LogP contribution in [-0.2, 0) is 68.8 Å². The lowest BCUT2D eigenvalue weighted by molar-refractivity contribution is -0.164. The van der Waals surface area contributed by atoms with Crippen LogP contribution in [0.5, 0.6) is 0 Å². The number of allylic oxidation sites excluding steroid dienone is 2. The van der Waals surface area contributed by atoms with E-state index in [-0.39, 0.29) is 99.4 Å². The van der Waals surface area contributed by atoms with Crippen LogP contribution in [0.2, 0.25) is 0 Å². The van der Waals surface area contributed by atoms with Gasteiger partial charge in [-0.3, -0.25) is 52.7 Å². The molecule has 1 rings (SSSR count). The second-order valence-corrected chi connectivity index (χ2v) is 26.5. The first-order valence-corrected chi connectivity index (χ1v) is 31.9. The van der Waals surface area contributed by atoms with Crippen molar-refractivity contribution in [3.8, 4) is 0 Å². The smallest absolute Gasteiger partial charge is 0.306 e. The standard InChI is InChI=1S/C68H113N7O14/c1-23-25-29-46(13)61(89-49(16)77)60(62(81)69-52(24-2)65(84)70(17)32-33-76)75(22)68(87)59(45(11)12)74(21)67(86)55(36-43(7)8)73(20)66(85)54(35-42(5)6)72(19)63(82)48(15)38-56(78)47(14)37-57(79)53(34-41(3)4)71(18)64(83)51(44(9)10)39-58(80)88-40-50-30-27-26-28-31-50/h23,25-28,30-31,41-48,51-55,59-61,76H,24,29,32-40H2,1-22H3,(H,69,81)/b25-23+/t46-,47-,48+,51+,52+,53+,54+,55+,59+,60+,61-/m1/s1. The first-order chi connectivity index (χ1) is 41.4. The molecule has 0 aromatic heterocycles. The number of carbonyl (C=O) groups excluding carboxylic acids is 11. The van der Waals surface area contributed by atoms with E-state index < -0.39 is 119 Å². The summed E-state index contributed by atoms with van der Waals surface area (Å²) >= 11 is 0. The average Bonchev–Trinajstić information content (AvgIpc) is 1.64. The fourth-order valence-electron chi connectivity index (χ4n) is 11.2. The number of benzene rings is 1. The van der Waals surface area contributed by atoms with Gasteiger partial charge in [-0.05, 0) is 80.1 Å². The van der Waals surface area contributed by atoms with Crippen molar-refractivity contribution in [1.29, 1.82) is 0 Å².